The lowest BCUT2D eigenvalue weighted by Crippen LogP contribution is -2.39. The largest absolute Gasteiger partial charge is 0.375 e. The average molecular weight is 299 g/mol. The van der Waals surface area contributed by atoms with Crippen LogP contribution in [0.5, 0.6) is 0 Å². The first-order valence-electron chi connectivity index (χ1n) is 6.37. The smallest absolute Gasteiger partial charge is 0.260 e. The normalized spacial score (nSPS) is 14.8. The van der Waals surface area contributed by atoms with Crippen LogP contribution in [-0.4, -0.2) is 28.7 Å². The first kappa shape index (κ1) is 13.5. The number of likely N-dealkylation sites (N-methyl/N-ethyl adjacent to an activating group) is 1. The molecule has 106 valence electrons. The molecule has 21 heavy (non-hydrogen) atoms. The van der Waals surface area contributed by atoms with Gasteiger partial charge >= 0.3 is 0 Å². The van der Waals surface area contributed by atoms with Crippen molar-refractivity contribution in [3.63, 3.8) is 0 Å². The number of carbonyl (C=O) groups is 2. The number of aromatic nitrogens is 1. The lowest BCUT2D eigenvalue weighted by atomic mass is 9.96. The van der Waals surface area contributed by atoms with Gasteiger partial charge in [0, 0.05) is 18.0 Å². The summed E-state index contributed by atoms with van der Waals surface area (Å²) >= 11 is 1.38. The maximum Gasteiger partial charge on any atom is 0.260 e. The lowest BCUT2D eigenvalue weighted by molar-refractivity contribution is -0.127. The molecule has 0 unspecified atom stereocenters. The van der Waals surface area contributed by atoms with E-state index in [0.717, 1.165) is 21.7 Å². The summed E-state index contributed by atoms with van der Waals surface area (Å²) in [7, 11) is 1.51. The van der Waals surface area contributed by atoms with Crippen molar-refractivity contribution in [3.8, 4) is 0 Å². The minimum atomic E-state index is -0.255. The van der Waals surface area contributed by atoms with Crippen LogP contribution in [0.2, 0.25) is 0 Å². The molecule has 0 fully saturated rings. The number of fused-ring (bicyclic) bond motifs is 1. The molecule has 2 N–H and O–H groups in total. The number of nitrogens with zero attached hydrogens (tertiary/aromatic N) is 2. The fraction of sp³-hybridized carbons (Fsp3) is 0.133. The van der Waals surface area contributed by atoms with E-state index in [-0.39, 0.29) is 18.2 Å². The van der Waals surface area contributed by atoms with Crippen LogP contribution in [0.1, 0.15) is 27.2 Å². The molecule has 1 aliphatic heterocycles. The van der Waals surface area contributed by atoms with Crippen LogP contribution >= 0.6 is 11.3 Å². The van der Waals surface area contributed by atoms with Gasteiger partial charge in [-0.25, -0.2) is 4.98 Å². The second kappa shape index (κ2) is 5.14. The minimum absolute atomic E-state index is 0.172. The number of thiazole rings is 1. The standard InChI is InChI=1S/C15H13N3O2S/c1-18-13(19)7-10-4-2-9(6-12(10)14(18)20)3-5-11-8-21-15(16)17-11/h2-6,8H,7H2,1H3,(H2,16,17). The van der Waals surface area contributed by atoms with Crippen molar-refractivity contribution >= 4 is 40.4 Å². The maximum atomic E-state index is 12.1. The molecule has 0 spiro atoms. The van der Waals surface area contributed by atoms with Gasteiger partial charge in [-0.2, -0.15) is 0 Å². The van der Waals surface area contributed by atoms with Crippen molar-refractivity contribution in [2.24, 2.45) is 0 Å². The summed E-state index contributed by atoms with van der Waals surface area (Å²) in [6, 6.07) is 5.51. The van der Waals surface area contributed by atoms with Crippen LogP contribution in [0.15, 0.2) is 23.6 Å². The number of hydrogen-bond acceptors (Lipinski definition) is 5. The molecule has 3 rings (SSSR count). The summed E-state index contributed by atoms with van der Waals surface area (Å²) in [4.78, 5) is 29.1. The monoisotopic (exact) mass is 299 g/mol. The average Bonchev–Trinajstić information content (AvgIpc) is 2.89. The highest BCUT2D eigenvalue weighted by Crippen LogP contribution is 2.22. The van der Waals surface area contributed by atoms with E-state index in [1.165, 1.54) is 18.4 Å². The highest BCUT2D eigenvalue weighted by atomic mass is 32.1. The number of amides is 2. The molecule has 6 heteroatoms. The molecule has 1 aliphatic rings. The summed E-state index contributed by atoms with van der Waals surface area (Å²) in [5, 5.41) is 2.39. The molecule has 5 nitrogen and oxygen atoms in total. The second-order valence-corrected chi connectivity index (χ2v) is 5.68. The number of rotatable bonds is 2. The van der Waals surface area contributed by atoms with Gasteiger partial charge < -0.3 is 5.73 Å². The Labute approximate surface area is 125 Å². The van der Waals surface area contributed by atoms with E-state index in [1.54, 1.807) is 6.07 Å². The van der Waals surface area contributed by atoms with Crippen molar-refractivity contribution in [2.45, 2.75) is 6.42 Å². The van der Waals surface area contributed by atoms with Crippen LogP contribution in [0.3, 0.4) is 0 Å². The molecular weight excluding hydrogens is 286 g/mol. The molecule has 0 atom stereocenters. The van der Waals surface area contributed by atoms with Gasteiger partial charge in [0.2, 0.25) is 5.91 Å². The number of hydrogen-bond donors (Lipinski definition) is 1. The van der Waals surface area contributed by atoms with E-state index in [2.05, 4.69) is 4.98 Å². The van der Waals surface area contributed by atoms with Gasteiger partial charge in [0.1, 0.15) is 0 Å². The molecule has 2 aromatic rings. The van der Waals surface area contributed by atoms with E-state index < -0.39 is 0 Å². The van der Waals surface area contributed by atoms with E-state index >= 15 is 0 Å². The Morgan fingerprint density at radius 3 is 2.86 bits per heavy atom. The highest BCUT2D eigenvalue weighted by molar-refractivity contribution is 7.13. The third kappa shape index (κ3) is 2.57. The molecule has 1 aromatic heterocycles. The Balaban J connectivity index is 1.91. The number of nitrogens with two attached hydrogens (primary N) is 1. The van der Waals surface area contributed by atoms with Crippen LogP contribution in [0.25, 0.3) is 12.2 Å². The third-order valence-electron chi connectivity index (χ3n) is 3.37. The quantitative estimate of drug-likeness (QED) is 0.861. The minimum Gasteiger partial charge on any atom is -0.375 e. The number of nitrogen functional groups attached to an aromatic ring is 1. The molecular formula is C15H13N3O2S. The summed E-state index contributed by atoms with van der Waals surface area (Å²) in [6.07, 6.45) is 3.99. The van der Waals surface area contributed by atoms with Gasteiger partial charge in [-0.05, 0) is 23.3 Å². The van der Waals surface area contributed by atoms with Gasteiger partial charge in [0.25, 0.3) is 5.91 Å². The van der Waals surface area contributed by atoms with Crippen LogP contribution < -0.4 is 5.73 Å². The first-order valence-corrected chi connectivity index (χ1v) is 7.25. The van der Waals surface area contributed by atoms with Crippen LogP contribution in [-0.2, 0) is 11.2 Å². The number of carbonyl (C=O) groups excluding carboxylic acids is 2. The van der Waals surface area contributed by atoms with Crippen molar-refractivity contribution in [3.05, 3.63) is 46.0 Å². The van der Waals surface area contributed by atoms with Gasteiger partial charge in [-0.3, -0.25) is 14.5 Å². The van der Waals surface area contributed by atoms with E-state index in [4.69, 9.17) is 5.73 Å². The molecule has 0 aliphatic carbocycles. The summed E-state index contributed by atoms with van der Waals surface area (Å²) < 4.78 is 0. The van der Waals surface area contributed by atoms with Gasteiger partial charge in [-0.15, -0.1) is 11.3 Å². The van der Waals surface area contributed by atoms with E-state index in [1.807, 2.05) is 29.7 Å². The predicted molar refractivity (Wildman–Crippen MR) is 82.7 cm³/mol. The highest BCUT2D eigenvalue weighted by Gasteiger charge is 2.27. The summed E-state index contributed by atoms with van der Waals surface area (Å²) in [5.74, 6) is -0.428. The third-order valence-corrected chi connectivity index (χ3v) is 4.06. The molecule has 1 aromatic carbocycles. The summed E-state index contributed by atoms with van der Waals surface area (Å²) in [5.41, 5.74) is 8.60. The Kier molecular flexibility index (Phi) is 3.31. The number of imide groups is 1. The van der Waals surface area contributed by atoms with E-state index in [9.17, 15) is 9.59 Å². The number of benzene rings is 1. The fourth-order valence-corrected chi connectivity index (χ4v) is 2.72. The molecule has 0 radical (unpaired) electrons. The molecule has 0 bridgehead atoms. The van der Waals surface area contributed by atoms with Crippen LogP contribution in [0.4, 0.5) is 5.13 Å². The predicted octanol–water partition coefficient (Wildman–Crippen LogP) is 2.05. The fourth-order valence-electron chi connectivity index (χ4n) is 2.19. The zero-order chi connectivity index (χ0) is 15.0. The molecule has 2 amide bonds. The van der Waals surface area contributed by atoms with Crippen molar-refractivity contribution < 1.29 is 9.59 Å². The summed E-state index contributed by atoms with van der Waals surface area (Å²) in [6.45, 7) is 0. The Hall–Kier alpha value is -2.47. The van der Waals surface area contributed by atoms with Gasteiger partial charge in [0.05, 0.1) is 12.1 Å². The molecule has 0 saturated carbocycles. The van der Waals surface area contributed by atoms with Crippen LogP contribution in [0, 0.1) is 0 Å². The second-order valence-electron chi connectivity index (χ2n) is 4.80. The van der Waals surface area contributed by atoms with Crippen molar-refractivity contribution in [1.29, 1.82) is 0 Å². The Bertz CT molecular complexity index is 764. The Morgan fingerprint density at radius 1 is 1.33 bits per heavy atom. The number of anilines is 1. The first-order chi connectivity index (χ1) is 10.0. The topological polar surface area (TPSA) is 76.3 Å². The van der Waals surface area contributed by atoms with E-state index in [0.29, 0.717) is 10.7 Å². The van der Waals surface area contributed by atoms with Gasteiger partial charge in [-0.1, -0.05) is 18.2 Å². The lowest BCUT2D eigenvalue weighted by Gasteiger charge is -2.23. The Morgan fingerprint density at radius 2 is 2.14 bits per heavy atom. The zero-order valence-corrected chi connectivity index (χ0v) is 12.2. The molecule has 2 heterocycles. The van der Waals surface area contributed by atoms with Crippen molar-refractivity contribution in [2.75, 3.05) is 12.8 Å². The van der Waals surface area contributed by atoms with Gasteiger partial charge in [0.15, 0.2) is 5.13 Å². The maximum absolute atomic E-state index is 12.1. The van der Waals surface area contributed by atoms with Crippen molar-refractivity contribution in [1.82, 2.24) is 9.88 Å². The zero-order valence-electron chi connectivity index (χ0n) is 11.4. The molecule has 0 saturated heterocycles. The SMILES string of the molecule is CN1C(=O)Cc2ccc(C=Cc3csc(N)n3)cc2C1=O.